The number of hydrogen-bond acceptors (Lipinski definition) is 2. The summed E-state index contributed by atoms with van der Waals surface area (Å²) in [5.74, 6) is 0.338. The molecule has 0 bridgehead atoms. The summed E-state index contributed by atoms with van der Waals surface area (Å²) in [5, 5.41) is 10.6. The first-order valence-electron chi connectivity index (χ1n) is 4.83. The summed E-state index contributed by atoms with van der Waals surface area (Å²) in [5.41, 5.74) is 2.47. The van der Waals surface area contributed by atoms with E-state index in [0.29, 0.717) is 5.92 Å². The van der Waals surface area contributed by atoms with E-state index in [1.807, 2.05) is 6.07 Å². The highest BCUT2D eigenvalue weighted by atomic mass is 16.6. The lowest BCUT2D eigenvalue weighted by atomic mass is 9.95. The fraction of sp³-hybridized carbons (Fsp3) is 0.455. The zero-order valence-electron chi connectivity index (χ0n) is 8.78. The molecule has 1 aromatic rings. The fourth-order valence-corrected chi connectivity index (χ4v) is 1.56. The SMILES string of the molecule is CCc1ccc([N+](=O)[O-])cc1C(C)C. The second-order valence-electron chi connectivity index (χ2n) is 3.65. The molecule has 0 heterocycles. The summed E-state index contributed by atoms with van der Waals surface area (Å²) < 4.78 is 0. The summed E-state index contributed by atoms with van der Waals surface area (Å²) in [6.07, 6.45) is 0.922. The van der Waals surface area contributed by atoms with Gasteiger partial charge in [-0.25, -0.2) is 0 Å². The number of nitro groups is 1. The van der Waals surface area contributed by atoms with Gasteiger partial charge in [-0.1, -0.05) is 26.8 Å². The Morgan fingerprint density at radius 1 is 1.43 bits per heavy atom. The third kappa shape index (κ3) is 2.10. The number of non-ortho nitro benzene ring substituents is 1. The minimum atomic E-state index is -0.342. The van der Waals surface area contributed by atoms with E-state index in [0.717, 1.165) is 12.0 Å². The van der Waals surface area contributed by atoms with Crippen molar-refractivity contribution in [3.8, 4) is 0 Å². The maximum absolute atomic E-state index is 10.6. The van der Waals surface area contributed by atoms with Crippen LogP contribution in [0.5, 0.6) is 0 Å². The smallest absolute Gasteiger partial charge is 0.258 e. The number of nitro benzene ring substituents is 1. The van der Waals surface area contributed by atoms with Crippen LogP contribution in [0, 0.1) is 10.1 Å². The molecule has 0 fully saturated rings. The van der Waals surface area contributed by atoms with Crippen LogP contribution in [-0.2, 0) is 6.42 Å². The highest BCUT2D eigenvalue weighted by Gasteiger charge is 2.11. The fourth-order valence-electron chi connectivity index (χ4n) is 1.56. The summed E-state index contributed by atoms with van der Waals surface area (Å²) in [7, 11) is 0. The van der Waals surface area contributed by atoms with Gasteiger partial charge in [0.05, 0.1) is 4.92 Å². The Hall–Kier alpha value is -1.38. The second kappa shape index (κ2) is 4.22. The van der Waals surface area contributed by atoms with E-state index < -0.39 is 0 Å². The normalized spacial score (nSPS) is 10.6. The van der Waals surface area contributed by atoms with E-state index in [4.69, 9.17) is 0 Å². The van der Waals surface area contributed by atoms with Crippen LogP contribution in [0.15, 0.2) is 18.2 Å². The molecule has 3 heteroatoms. The first-order valence-corrected chi connectivity index (χ1v) is 4.83. The standard InChI is InChI=1S/C11H15NO2/c1-4-9-5-6-10(12(13)14)7-11(9)8(2)3/h5-8H,4H2,1-3H3. The van der Waals surface area contributed by atoms with Gasteiger partial charge in [0.1, 0.15) is 0 Å². The Labute approximate surface area is 83.9 Å². The maximum atomic E-state index is 10.6. The second-order valence-corrected chi connectivity index (χ2v) is 3.65. The molecule has 1 rings (SSSR count). The first kappa shape index (κ1) is 10.7. The van der Waals surface area contributed by atoms with Crippen LogP contribution in [0.2, 0.25) is 0 Å². The van der Waals surface area contributed by atoms with Crippen molar-refractivity contribution in [1.29, 1.82) is 0 Å². The average molecular weight is 193 g/mol. The minimum Gasteiger partial charge on any atom is -0.258 e. The molecule has 0 N–H and O–H groups in total. The molecule has 0 unspecified atom stereocenters. The van der Waals surface area contributed by atoms with Gasteiger partial charge < -0.3 is 0 Å². The Kier molecular flexibility index (Phi) is 3.23. The predicted molar refractivity (Wildman–Crippen MR) is 56.6 cm³/mol. The number of benzene rings is 1. The Bertz CT molecular complexity index is 345. The van der Waals surface area contributed by atoms with Gasteiger partial charge in [0.15, 0.2) is 0 Å². The third-order valence-corrected chi connectivity index (χ3v) is 2.34. The lowest BCUT2D eigenvalue weighted by Gasteiger charge is -2.10. The minimum absolute atomic E-state index is 0.186. The molecule has 0 aliphatic heterocycles. The van der Waals surface area contributed by atoms with Gasteiger partial charge in [-0.05, 0) is 23.5 Å². The molecular formula is C11H15NO2. The van der Waals surface area contributed by atoms with Gasteiger partial charge in [0, 0.05) is 12.1 Å². The number of hydrogen-bond donors (Lipinski definition) is 0. The monoisotopic (exact) mass is 193 g/mol. The Morgan fingerprint density at radius 2 is 2.07 bits per heavy atom. The molecule has 0 aliphatic carbocycles. The Morgan fingerprint density at radius 3 is 2.50 bits per heavy atom. The molecule has 3 nitrogen and oxygen atoms in total. The Balaban J connectivity index is 3.20. The van der Waals surface area contributed by atoms with Crippen LogP contribution in [0.3, 0.4) is 0 Å². The highest BCUT2D eigenvalue weighted by Crippen LogP contribution is 2.24. The summed E-state index contributed by atoms with van der Waals surface area (Å²) in [4.78, 5) is 10.2. The lowest BCUT2D eigenvalue weighted by Crippen LogP contribution is -1.97. The largest absolute Gasteiger partial charge is 0.269 e. The van der Waals surface area contributed by atoms with E-state index in [1.165, 1.54) is 5.56 Å². The quantitative estimate of drug-likeness (QED) is 0.546. The van der Waals surface area contributed by atoms with E-state index in [1.54, 1.807) is 12.1 Å². The van der Waals surface area contributed by atoms with Crippen LogP contribution in [-0.4, -0.2) is 4.92 Å². The molecule has 0 atom stereocenters. The zero-order valence-corrected chi connectivity index (χ0v) is 8.78. The molecule has 76 valence electrons. The third-order valence-electron chi connectivity index (χ3n) is 2.34. The van der Waals surface area contributed by atoms with Crippen molar-refractivity contribution in [2.75, 3.05) is 0 Å². The summed E-state index contributed by atoms with van der Waals surface area (Å²) in [6, 6.07) is 5.11. The number of nitrogens with zero attached hydrogens (tertiary/aromatic N) is 1. The molecule has 0 saturated carbocycles. The van der Waals surface area contributed by atoms with Crippen molar-refractivity contribution in [3.05, 3.63) is 39.4 Å². The van der Waals surface area contributed by atoms with Crippen LogP contribution < -0.4 is 0 Å². The average Bonchev–Trinajstić information content (AvgIpc) is 2.16. The van der Waals surface area contributed by atoms with Gasteiger partial charge in [-0.3, -0.25) is 10.1 Å². The van der Waals surface area contributed by atoms with Crippen molar-refractivity contribution >= 4 is 5.69 Å². The van der Waals surface area contributed by atoms with Crippen LogP contribution in [0.4, 0.5) is 5.69 Å². The van der Waals surface area contributed by atoms with Gasteiger partial charge in [0.2, 0.25) is 0 Å². The van der Waals surface area contributed by atoms with Crippen molar-refractivity contribution in [1.82, 2.24) is 0 Å². The molecule has 1 aromatic carbocycles. The van der Waals surface area contributed by atoms with Crippen molar-refractivity contribution in [2.24, 2.45) is 0 Å². The number of aryl methyl sites for hydroxylation is 1. The van der Waals surface area contributed by atoms with Crippen molar-refractivity contribution in [3.63, 3.8) is 0 Å². The van der Waals surface area contributed by atoms with E-state index in [2.05, 4.69) is 20.8 Å². The zero-order chi connectivity index (χ0) is 10.7. The molecule has 14 heavy (non-hydrogen) atoms. The highest BCUT2D eigenvalue weighted by molar-refractivity contribution is 5.41. The molecule has 0 amide bonds. The van der Waals surface area contributed by atoms with Crippen molar-refractivity contribution in [2.45, 2.75) is 33.1 Å². The molecule has 0 aromatic heterocycles. The van der Waals surface area contributed by atoms with Crippen molar-refractivity contribution < 1.29 is 4.92 Å². The van der Waals surface area contributed by atoms with Gasteiger partial charge in [-0.15, -0.1) is 0 Å². The van der Waals surface area contributed by atoms with E-state index in [9.17, 15) is 10.1 Å². The van der Waals surface area contributed by atoms with Crippen LogP contribution in [0.25, 0.3) is 0 Å². The summed E-state index contributed by atoms with van der Waals surface area (Å²) in [6.45, 7) is 6.17. The van der Waals surface area contributed by atoms with E-state index in [-0.39, 0.29) is 10.6 Å². The van der Waals surface area contributed by atoms with Gasteiger partial charge in [-0.2, -0.15) is 0 Å². The molecule has 0 saturated heterocycles. The predicted octanol–water partition coefficient (Wildman–Crippen LogP) is 3.28. The first-order chi connectivity index (χ1) is 6.56. The molecule has 0 spiro atoms. The van der Waals surface area contributed by atoms with Gasteiger partial charge >= 0.3 is 0 Å². The maximum Gasteiger partial charge on any atom is 0.269 e. The van der Waals surface area contributed by atoms with E-state index >= 15 is 0 Å². The topological polar surface area (TPSA) is 43.1 Å². The summed E-state index contributed by atoms with van der Waals surface area (Å²) >= 11 is 0. The molecule has 0 aliphatic rings. The van der Waals surface area contributed by atoms with Gasteiger partial charge in [0.25, 0.3) is 5.69 Å². The number of rotatable bonds is 3. The molecule has 0 radical (unpaired) electrons. The lowest BCUT2D eigenvalue weighted by molar-refractivity contribution is -0.384. The van der Waals surface area contributed by atoms with Crippen LogP contribution in [0.1, 0.15) is 37.8 Å². The van der Waals surface area contributed by atoms with Crippen LogP contribution >= 0.6 is 0 Å². The molecular weight excluding hydrogens is 178 g/mol.